The minimum absolute atomic E-state index is 0.277. The second-order valence-electron chi connectivity index (χ2n) is 2.64. The van der Waals surface area contributed by atoms with Gasteiger partial charge in [-0.15, -0.1) is 11.3 Å². The molecule has 0 saturated heterocycles. The molecule has 0 aromatic carbocycles. The van der Waals surface area contributed by atoms with Gasteiger partial charge in [0, 0.05) is 6.42 Å². The number of ketones is 1. The third-order valence-electron chi connectivity index (χ3n) is 1.48. The Hall–Kier alpha value is -0.550. The maximum atomic E-state index is 11.8. The van der Waals surface area contributed by atoms with E-state index in [2.05, 4.69) is 0 Å². The molecule has 1 nitrogen and oxygen atoms in total. The highest BCUT2D eigenvalue weighted by Gasteiger charge is 2.28. The molecule has 1 heterocycles. The molecule has 0 amide bonds. The molecule has 0 spiro atoms. The van der Waals surface area contributed by atoms with Crippen molar-refractivity contribution >= 4 is 28.7 Å². The van der Waals surface area contributed by atoms with Crippen LogP contribution in [0.5, 0.6) is 0 Å². The van der Waals surface area contributed by atoms with Crippen LogP contribution in [0.25, 0.3) is 0 Å². The molecule has 0 radical (unpaired) electrons. The van der Waals surface area contributed by atoms with Crippen molar-refractivity contribution < 1.29 is 18.0 Å². The molecule has 0 atom stereocenters. The second-order valence-corrected chi connectivity index (χ2v) is 4.36. The van der Waals surface area contributed by atoms with Crippen molar-refractivity contribution in [1.29, 1.82) is 0 Å². The molecule has 0 unspecified atom stereocenters. The van der Waals surface area contributed by atoms with Crippen LogP contribution < -0.4 is 0 Å². The molecular formula is C8H6ClF3OS. The van der Waals surface area contributed by atoms with E-state index in [1.165, 1.54) is 12.1 Å². The van der Waals surface area contributed by atoms with E-state index in [9.17, 15) is 18.0 Å². The van der Waals surface area contributed by atoms with Crippen LogP contribution in [0.2, 0.25) is 4.34 Å². The quantitative estimate of drug-likeness (QED) is 0.734. The van der Waals surface area contributed by atoms with E-state index in [1.54, 1.807) is 0 Å². The molecule has 0 bridgehead atoms. The van der Waals surface area contributed by atoms with E-state index in [1.807, 2.05) is 0 Å². The number of thiophene rings is 1. The van der Waals surface area contributed by atoms with Crippen molar-refractivity contribution in [3.63, 3.8) is 0 Å². The van der Waals surface area contributed by atoms with Crippen LogP contribution in [0.3, 0.4) is 0 Å². The van der Waals surface area contributed by atoms with Crippen LogP contribution in [0, 0.1) is 0 Å². The van der Waals surface area contributed by atoms with E-state index in [4.69, 9.17) is 11.6 Å². The molecule has 14 heavy (non-hydrogen) atoms. The summed E-state index contributed by atoms with van der Waals surface area (Å²) in [4.78, 5) is 11.4. The Morgan fingerprint density at radius 3 is 2.50 bits per heavy atom. The molecule has 0 N–H and O–H groups in total. The van der Waals surface area contributed by atoms with Crippen LogP contribution in [-0.2, 0) is 0 Å². The van der Waals surface area contributed by atoms with Crippen molar-refractivity contribution in [2.45, 2.75) is 19.0 Å². The van der Waals surface area contributed by atoms with Gasteiger partial charge in [-0.2, -0.15) is 13.2 Å². The van der Waals surface area contributed by atoms with Gasteiger partial charge in [0.05, 0.1) is 15.6 Å². The highest BCUT2D eigenvalue weighted by molar-refractivity contribution is 7.18. The monoisotopic (exact) mass is 242 g/mol. The summed E-state index contributed by atoms with van der Waals surface area (Å²) < 4.78 is 35.7. The zero-order valence-corrected chi connectivity index (χ0v) is 8.47. The topological polar surface area (TPSA) is 17.1 Å². The Morgan fingerprint density at radius 2 is 2.07 bits per heavy atom. The third kappa shape index (κ3) is 3.67. The number of Topliss-reactive ketones (excluding diaryl/α,β-unsaturated/α-hetero) is 1. The number of hydrogen-bond donors (Lipinski definition) is 0. The van der Waals surface area contributed by atoms with Crippen molar-refractivity contribution in [3.8, 4) is 0 Å². The standard InChI is InChI=1S/C8H6ClF3OS/c9-7-2-1-6(14-7)5(13)3-4-8(10,11)12/h1-2H,3-4H2. The summed E-state index contributed by atoms with van der Waals surface area (Å²) in [6.07, 6.45) is -5.88. The summed E-state index contributed by atoms with van der Waals surface area (Å²) in [7, 11) is 0. The first-order valence-corrected chi connectivity index (χ1v) is 4.93. The summed E-state index contributed by atoms with van der Waals surface area (Å²) in [5.41, 5.74) is 0. The second kappa shape index (κ2) is 4.31. The number of carbonyl (C=O) groups excluding carboxylic acids is 1. The summed E-state index contributed by atoms with van der Waals surface area (Å²) in [5, 5.41) is 0. The van der Waals surface area contributed by atoms with Crippen LogP contribution in [0.1, 0.15) is 22.5 Å². The lowest BCUT2D eigenvalue weighted by atomic mass is 10.2. The van der Waals surface area contributed by atoms with Gasteiger partial charge < -0.3 is 0 Å². The maximum absolute atomic E-state index is 11.8. The SMILES string of the molecule is O=C(CCC(F)(F)F)c1ccc(Cl)s1. The first-order valence-electron chi connectivity index (χ1n) is 3.74. The van der Waals surface area contributed by atoms with E-state index < -0.39 is 24.8 Å². The average Bonchev–Trinajstić information content (AvgIpc) is 2.46. The molecule has 0 aliphatic rings. The molecule has 6 heteroatoms. The lowest BCUT2D eigenvalue weighted by molar-refractivity contribution is -0.133. The number of halogens is 4. The van der Waals surface area contributed by atoms with Crippen molar-refractivity contribution in [2.75, 3.05) is 0 Å². The molecule has 78 valence electrons. The Labute approximate surface area is 87.5 Å². The van der Waals surface area contributed by atoms with Gasteiger partial charge in [-0.1, -0.05) is 11.6 Å². The smallest absolute Gasteiger partial charge is 0.293 e. The first kappa shape index (κ1) is 11.5. The zero-order valence-electron chi connectivity index (χ0n) is 6.90. The fourth-order valence-corrected chi connectivity index (χ4v) is 1.85. The summed E-state index contributed by atoms with van der Waals surface area (Å²) in [6.45, 7) is 0. The molecule has 0 aliphatic heterocycles. The van der Waals surface area contributed by atoms with Crippen LogP contribution in [-0.4, -0.2) is 12.0 Å². The summed E-state index contributed by atoms with van der Waals surface area (Å²) in [6, 6.07) is 2.93. The Balaban J connectivity index is 2.52. The third-order valence-corrected chi connectivity index (χ3v) is 2.76. The average molecular weight is 243 g/mol. The van der Waals surface area contributed by atoms with Gasteiger partial charge in [0.2, 0.25) is 0 Å². The van der Waals surface area contributed by atoms with Gasteiger partial charge in [0.25, 0.3) is 0 Å². The molecule has 1 aromatic heterocycles. The van der Waals surface area contributed by atoms with E-state index in [0.29, 0.717) is 4.34 Å². The van der Waals surface area contributed by atoms with Crippen molar-refractivity contribution in [3.05, 3.63) is 21.3 Å². The molecule has 0 fully saturated rings. The molecule has 1 rings (SSSR count). The van der Waals surface area contributed by atoms with Crippen molar-refractivity contribution in [2.24, 2.45) is 0 Å². The van der Waals surface area contributed by atoms with E-state index >= 15 is 0 Å². The Bertz CT molecular complexity index is 332. The number of carbonyl (C=O) groups is 1. The van der Waals surface area contributed by atoms with Gasteiger partial charge in [-0.25, -0.2) is 0 Å². The highest BCUT2D eigenvalue weighted by Crippen LogP contribution is 2.26. The fourth-order valence-electron chi connectivity index (χ4n) is 0.843. The lowest BCUT2D eigenvalue weighted by Crippen LogP contribution is -2.10. The lowest BCUT2D eigenvalue weighted by Gasteiger charge is -2.03. The number of alkyl halides is 3. The largest absolute Gasteiger partial charge is 0.389 e. The normalized spacial score (nSPS) is 11.7. The van der Waals surface area contributed by atoms with E-state index in [0.717, 1.165) is 11.3 Å². The highest BCUT2D eigenvalue weighted by atomic mass is 35.5. The predicted molar refractivity (Wildman–Crippen MR) is 48.9 cm³/mol. The Morgan fingerprint density at radius 1 is 1.43 bits per heavy atom. The van der Waals surface area contributed by atoms with E-state index in [-0.39, 0.29) is 4.88 Å². The van der Waals surface area contributed by atoms with Gasteiger partial charge in [0.15, 0.2) is 5.78 Å². The molecule has 1 aromatic rings. The van der Waals surface area contributed by atoms with Crippen LogP contribution >= 0.6 is 22.9 Å². The maximum Gasteiger partial charge on any atom is 0.389 e. The minimum Gasteiger partial charge on any atom is -0.293 e. The van der Waals surface area contributed by atoms with Gasteiger partial charge in [0.1, 0.15) is 0 Å². The zero-order chi connectivity index (χ0) is 10.8. The summed E-state index contributed by atoms with van der Waals surface area (Å²) in [5.74, 6) is -0.515. The van der Waals surface area contributed by atoms with Gasteiger partial charge in [-0.3, -0.25) is 4.79 Å². The van der Waals surface area contributed by atoms with Crippen LogP contribution in [0.4, 0.5) is 13.2 Å². The number of hydrogen-bond acceptors (Lipinski definition) is 2. The molecule has 0 saturated carbocycles. The Kier molecular flexibility index (Phi) is 3.55. The van der Waals surface area contributed by atoms with Crippen molar-refractivity contribution in [1.82, 2.24) is 0 Å². The predicted octanol–water partition coefficient (Wildman–Crippen LogP) is 3.93. The molecular weight excluding hydrogens is 237 g/mol. The van der Waals surface area contributed by atoms with Crippen LogP contribution in [0.15, 0.2) is 12.1 Å². The fraction of sp³-hybridized carbons (Fsp3) is 0.375. The first-order chi connectivity index (χ1) is 6.38. The van der Waals surface area contributed by atoms with Gasteiger partial charge in [-0.05, 0) is 12.1 Å². The minimum atomic E-state index is -4.28. The summed E-state index contributed by atoms with van der Waals surface area (Å²) >= 11 is 6.53. The van der Waals surface area contributed by atoms with Gasteiger partial charge >= 0.3 is 6.18 Å². The number of rotatable bonds is 3. The molecule has 0 aliphatic carbocycles.